The summed E-state index contributed by atoms with van der Waals surface area (Å²) in [7, 11) is 0. The van der Waals surface area contributed by atoms with Crippen molar-refractivity contribution in [3.8, 4) is 0 Å². The Morgan fingerprint density at radius 3 is 1.69 bits per heavy atom. The standard InChI is InChI=1S/C13H28/c1-8-12(10(2)3)9-11(4)13(5,6)7/h10-12H,8-9H2,1-7H3. The number of rotatable bonds is 4. The number of hydrogen-bond acceptors (Lipinski definition) is 0. The van der Waals surface area contributed by atoms with Gasteiger partial charge in [0, 0.05) is 0 Å². The van der Waals surface area contributed by atoms with Crippen LogP contribution < -0.4 is 0 Å². The van der Waals surface area contributed by atoms with E-state index in [2.05, 4.69) is 48.5 Å². The van der Waals surface area contributed by atoms with Crippen LogP contribution >= 0.6 is 0 Å². The molecule has 0 bridgehead atoms. The molecule has 0 N–H and O–H groups in total. The Balaban J connectivity index is 4.09. The SMILES string of the molecule is CCC(CC(C)C(C)(C)C)C(C)C. The topological polar surface area (TPSA) is 0 Å². The minimum atomic E-state index is 0.475. The van der Waals surface area contributed by atoms with Crippen molar-refractivity contribution in [3.63, 3.8) is 0 Å². The Bertz CT molecular complexity index is 127. The van der Waals surface area contributed by atoms with Crippen LogP contribution in [0.2, 0.25) is 0 Å². The zero-order chi connectivity index (χ0) is 10.6. The summed E-state index contributed by atoms with van der Waals surface area (Å²) in [6.07, 6.45) is 2.72. The molecule has 0 heteroatoms. The van der Waals surface area contributed by atoms with Crippen LogP contribution in [0.15, 0.2) is 0 Å². The lowest BCUT2D eigenvalue weighted by Crippen LogP contribution is -2.22. The molecule has 0 amide bonds. The Labute approximate surface area is 85.1 Å². The highest BCUT2D eigenvalue weighted by Gasteiger charge is 2.23. The van der Waals surface area contributed by atoms with Gasteiger partial charge in [0.25, 0.3) is 0 Å². The lowest BCUT2D eigenvalue weighted by molar-refractivity contribution is 0.188. The molecule has 0 saturated carbocycles. The van der Waals surface area contributed by atoms with Crippen LogP contribution in [0.1, 0.15) is 61.3 Å². The van der Waals surface area contributed by atoms with Gasteiger partial charge in [-0.15, -0.1) is 0 Å². The van der Waals surface area contributed by atoms with Crippen LogP contribution in [0, 0.1) is 23.2 Å². The van der Waals surface area contributed by atoms with Crippen molar-refractivity contribution in [1.29, 1.82) is 0 Å². The Kier molecular flexibility index (Phi) is 5.02. The Morgan fingerprint density at radius 2 is 1.46 bits per heavy atom. The van der Waals surface area contributed by atoms with E-state index in [1.807, 2.05) is 0 Å². The molecule has 2 atom stereocenters. The fourth-order valence-corrected chi connectivity index (χ4v) is 1.72. The maximum Gasteiger partial charge on any atom is -0.0357 e. The van der Waals surface area contributed by atoms with E-state index in [0.717, 1.165) is 17.8 Å². The summed E-state index contributed by atoms with van der Waals surface area (Å²) in [6, 6.07) is 0. The van der Waals surface area contributed by atoms with E-state index < -0.39 is 0 Å². The van der Waals surface area contributed by atoms with Gasteiger partial charge in [0.1, 0.15) is 0 Å². The predicted octanol–water partition coefficient (Wildman–Crippen LogP) is 4.74. The van der Waals surface area contributed by atoms with Gasteiger partial charge in [-0.05, 0) is 29.6 Å². The highest BCUT2D eigenvalue weighted by Crippen LogP contribution is 2.33. The molecule has 0 spiro atoms. The van der Waals surface area contributed by atoms with Crippen molar-refractivity contribution in [2.45, 2.75) is 61.3 Å². The fourth-order valence-electron chi connectivity index (χ4n) is 1.72. The smallest absolute Gasteiger partial charge is 0.0357 e. The van der Waals surface area contributed by atoms with Crippen LogP contribution in [-0.4, -0.2) is 0 Å². The predicted molar refractivity (Wildman–Crippen MR) is 61.9 cm³/mol. The maximum atomic E-state index is 2.39. The molecule has 0 nitrogen and oxygen atoms in total. The van der Waals surface area contributed by atoms with Gasteiger partial charge in [0.05, 0.1) is 0 Å². The van der Waals surface area contributed by atoms with Crippen molar-refractivity contribution >= 4 is 0 Å². The number of hydrogen-bond donors (Lipinski definition) is 0. The highest BCUT2D eigenvalue weighted by atomic mass is 14.3. The van der Waals surface area contributed by atoms with Crippen LogP contribution in [0.4, 0.5) is 0 Å². The minimum absolute atomic E-state index is 0.475. The van der Waals surface area contributed by atoms with Gasteiger partial charge < -0.3 is 0 Å². The van der Waals surface area contributed by atoms with E-state index in [-0.39, 0.29) is 0 Å². The van der Waals surface area contributed by atoms with Crippen molar-refractivity contribution in [1.82, 2.24) is 0 Å². The van der Waals surface area contributed by atoms with E-state index in [1.54, 1.807) is 0 Å². The molecule has 0 aromatic heterocycles. The van der Waals surface area contributed by atoms with Crippen molar-refractivity contribution in [2.75, 3.05) is 0 Å². The molecular weight excluding hydrogens is 156 g/mol. The first kappa shape index (κ1) is 13.0. The average molecular weight is 184 g/mol. The van der Waals surface area contributed by atoms with Crippen LogP contribution in [-0.2, 0) is 0 Å². The largest absolute Gasteiger partial charge is 0.0651 e. The lowest BCUT2D eigenvalue weighted by Gasteiger charge is -2.32. The molecule has 80 valence electrons. The van der Waals surface area contributed by atoms with Gasteiger partial charge in [-0.25, -0.2) is 0 Å². The van der Waals surface area contributed by atoms with Gasteiger partial charge >= 0.3 is 0 Å². The summed E-state index contributed by atoms with van der Waals surface area (Å²) in [6.45, 7) is 16.5. The molecule has 0 radical (unpaired) electrons. The molecule has 0 aliphatic carbocycles. The third kappa shape index (κ3) is 4.69. The van der Waals surface area contributed by atoms with E-state index in [4.69, 9.17) is 0 Å². The van der Waals surface area contributed by atoms with Crippen molar-refractivity contribution in [2.24, 2.45) is 23.2 Å². The Hall–Kier alpha value is 0. The third-order valence-electron chi connectivity index (χ3n) is 3.60. The van der Waals surface area contributed by atoms with E-state index in [9.17, 15) is 0 Å². The fraction of sp³-hybridized carbons (Fsp3) is 1.00. The molecule has 0 fully saturated rings. The first-order chi connectivity index (χ1) is 5.79. The van der Waals surface area contributed by atoms with Crippen LogP contribution in [0.3, 0.4) is 0 Å². The first-order valence-corrected chi connectivity index (χ1v) is 5.79. The van der Waals surface area contributed by atoms with Gasteiger partial charge in [-0.1, -0.05) is 54.9 Å². The molecular formula is C13H28. The molecule has 0 aromatic carbocycles. The molecule has 0 aliphatic heterocycles. The molecule has 0 saturated heterocycles. The molecule has 0 heterocycles. The molecule has 0 rings (SSSR count). The van der Waals surface area contributed by atoms with Crippen LogP contribution in [0.5, 0.6) is 0 Å². The third-order valence-corrected chi connectivity index (χ3v) is 3.60. The summed E-state index contributed by atoms with van der Waals surface area (Å²) < 4.78 is 0. The summed E-state index contributed by atoms with van der Waals surface area (Å²) in [4.78, 5) is 0. The van der Waals surface area contributed by atoms with E-state index >= 15 is 0 Å². The summed E-state index contributed by atoms with van der Waals surface area (Å²) in [5.74, 6) is 2.59. The zero-order valence-electron chi connectivity index (χ0n) is 10.6. The lowest BCUT2D eigenvalue weighted by atomic mass is 9.74. The van der Waals surface area contributed by atoms with Gasteiger partial charge in [-0.2, -0.15) is 0 Å². The average Bonchev–Trinajstić information content (AvgIpc) is 1.96. The Morgan fingerprint density at radius 1 is 1.00 bits per heavy atom. The van der Waals surface area contributed by atoms with E-state index in [1.165, 1.54) is 12.8 Å². The van der Waals surface area contributed by atoms with Gasteiger partial charge in [-0.3, -0.25) is 0 Å². The molecule has 13 heavy (non-hydrogen) atoms. The van der Waals surface area contributed by atoms with Crippen LogP contribution in [0.25, 0.3) is 0 Å². The zero-order valence-corrected chi connectivity index (χ0v) is 10.6. The monoisotopic (exact) mass is 184 g/mol. The molecule has 0 aromatic rings. The summed E-state index contributed by atoms with van der Waals surface area (Å²) in [5.41, 5.74) is 0.475. The quantitative estimate of drug-likeness (QED) is 0.592. The van der Waals surface area contributed by atoms with Crippen molar-refractivity contribution < 1.29 is 0 Å². The second-order valence-electron chi connectivity index (χ2n) is 5.92. The summed E-state index contributed by atoms with van der Waals surface area (Å²) in [5, 5.41) is 0. The van der Waals surface area contributed by atoms with Crippen molar-refractivity contribution in [3.05, 3.63) is 0 Å². The summed E-state index contributed by atoms with van der Waals surface area (Å²) >= 11 is 0. The highest BCUT2D eigenvalue weighted by molar-refractivity contribution is 4.74. The second-order valence-corrected chi connectivity index (χ2v) is 5.92. The minimum Gasteiger partial charge on any atom is -0.0651 e. The maximum absolute atomic E-state index is 2.39. The van der Waals surface area contributed by atoms with E-state index in [0.29, 0.717) is 5.41 Å². The first-order valence-electron chi connectivity index (χ1n) is 5.79. The molecule has 2 unspecified atom stereocenters. The normalized spacial score (nSPS) is 17.5. The molecule has 0 aliphatic rings. The second kappa shape index (κ2) is 5.02. The van der Waals surface area contributed by atoms with Gasteiger partial charge in [0.2, 0.25) is 0 Å². The van der Waals surface area contributed by atoms with Gasteiger partial charge in [0.15, 0.2) is 0 Å².